The molecule has 0 spiro atoms. The van der Waals surface area contributed by atoms with E-state index in [2.05, 4.69) is 26.3 Å². The van der Waals surface area contributed by atoms with Crippen molar-refractivity contribution in [2.24, 2.45) is 7.05 Å². The maximum absolute atomic E-state index is 12.7. The second-order valence-corrected chi connectivity index (χ2v) is 6.68. The lowest BCUT2D eigenvalue weighted by atomic mass is 10.2. The first-order valence-electron chi connectivity index (χ1n) is 8.49. The van der Waals surface area contributed by atoms with Gasteiger partial charge < -0.3 is 19.3 Å². The summed E-state index contributed by atoms with van der Waals surface area (Å²) in [6, 6.07) is 1.98. The van der Waals surface area contributed by atoms with Crippen molar-refractivity contribution in [2.75, 3.05) is 52.9 Å². The molecule has 0 atom stereocenters. The summed E-state index contributed by atoms with van der Waals surface area (Å²) in [5.41, 5.74) is 2.12. The SMILES string of the molecule is CN1CCN(CCCN2CCCc3c(ccn3C)C2=O)CC1. The number of aromatic nitrogens is 1. The van der Waals surface area contributed by atoms with Gasteiger partial charge in [-0.25, -0.2) is 0 Å². The summed E-state index contributed by atoms with van der Waals surface area (Å²) in [5.74, 6) is 0.228. The number of hydrogen-bond donors (Lipinski definition) is 0. The van der Waals surface area contributed by atoms with Crippen LogP contribution in [0.25, 0.3) is 0 Å². The largest absolute Gasteiger partial charge is 0.354 e. The van der Waals surface area contributed by atoms with Gasteiger partial charge in [-0.05, 0) is 38.9 Å². The predicted octanol–water partition coefficient (Wildman–Crippen LogP) is 1.05. The van der Waals surface area contributed by atoms with E-state index in [0.717, 1.165) is 70.6 Å². The van der Waals surface area contributed by atoms with Gasteiger partial charge in [0.2, 0.25) is 0 Å². The molecule has 1 aromatic rings. The van der Waals surface area contributed by atoms with E-state index in [1.807, 2.05) is 19.3 Å². The molecule has 0 bridgehead atoms. The summed E-state index contributed by atoms with van der Waals surface area (Å²) in [7, 11) is 4.22. The Bertz CT molecular complexity index is 517. The molecule has 1 aromatic heterocycles. The average molecular weight is 304 g/mol. The summed E-state index contributed by atoms with van der Waals surface area (Å²) < 4.78 is 2.10. The van der Waals surface area contributed by atoms with Crippen molar-refractivity contribution in [3.8, 4) is 0 Å². The van der Waals surface area contributed by atoms with Crippen LogP contribution in [0.1, 0.15) is 28.9 Å². The van der Waals surface area contributed by atoms with Crippen molar-refractivity contribution in [3.63, 3.8) is 0 Å². The number of rotatable bonds is 4. The van der Waals surface area contributed by atoms with Crippen molar-refractivity contribution < 1.29 is 4.79 Å². The summed E-state index contributed by atoms with van der Waals surface area (Å²) >= 11 is 0. The third-order valence-electron chi connectivity index (χ3n) is 5.06. The van der Waals surface area contributed by atoms with Crippen LogP contribution in [0.3, 0.4) is 0 Å². The molecule has 22 heavy (non-hydrogen) atoms. The quantitative estimate of drug-likeness (QED) is 0.833. The first-order valence-corrected chi connectivity index (χ1v) is 8.49. The van der Waals surface area contributed by atoms with Gasteiger partial charge in [0, 0.05) is 58.2 Å². The second-order valence-electron chi connectivity index (χ2n) is 6.68. The van der Waals surface area contributed by atoms with Crippen molar-refractivity contribution in [2.45, 2.75) is 19.3 Å². The van der Waals surface area contributed by atoms with Crippen molar-refractivity contribution in [3.05, 3.63) is 23.5 Å². The van der Waals surface area contributed by atoms with Crippen LogP contribution in [0, 0.1) is 0 Å². The molecule has 122 valence electrons. The number of fused-ring (bicyclic) bond motifs is 1. The van der Waals surface area contributed by atoms with Crippen LogP contribution < -0.4 is 0 Å². The van der Waals surface area contributed by atoms with Crippen molar-refractivity contribution >= 4 is 5.91 Å². The highest BCUT2D eigenvalue weighted by atomic mass is 16.2. The highest BCUT2D eigenvalue weighted by Crippen LogP contribution is 2.19. The zero-order chi connectivity index (χ0) is 15.5. The first kappa shape index (κ1) is 15.6. The Labute approximate surface area is 133 Å². The molecule has 3 rings (SSSR count). The molecule has 3 heterocycles. The number of carbonyl (C=O) groups is 1. The fourth-order valence-electron chi connectivity index (χ4n) is 3.55. The number of carbonyl (C=O) groups excluding carboxylic acids is 1. The van der Waals surface area contributed by atoms with Gasteiger partial charge in [-0.3, -0.25) is 4.79 Å². The van der Waals surface area contributed by atoms with Crippen LogP contribution in [0.15, 0.2) is 12.3 Å². The zero-order valence-corrected chi connectivity index (χ0v) is 13.9. The van der Waals surface area contributed by atoms with E-state index in [0.29, 0.717) is 0 Å². The summed E-state index contributed by atoms with van der Waals surface area (Å²) in [6.45, 7) is 7.54. The van der Waals surface area contributed by atoms with Crippen LogP contribution >= 0.6 is 0 Å². The highest BCUT2D eigenvalue weighted by Gasteiger charge is 2.24. The van der Waals surface area contributed by atoms with E-state index in [-0.39, 0.29) is 5.91 Å². The molecule has 0 N–H and O–H groups in total. The number of hydrogen-bond acceptors (Lipinski definition) is 3. The van der Waals surface area contributed by atoms with E-state index >= 15 is 0 Å². The summed E-state index contributed by atoms with van der Waals surface area (Å²) in [5, 5.41) is 0. The first-order chi connectivity index (χ1) is 10.6. The van der Waals surface area contributed by atoms with Gasteiger partial charge in [0.15, 0.2) is 0 Å². The van der Waals surface area contributed by atoms with Gasteiger partial charge in [-0.1, -0.05) is 0 Å². The van der Waals surface area contributed by atoms with Crippen LogP contribution in [0.5, 0.6) is 0 Å². The Morgan fingerprint density at radius 2 is 1.82 bits per heavy atom. The number of aryl methyl sites for hydroxylation is 1. The normalized spacial score (nSPS) is 21.0. The Balaban J connectivity index is 1.51. The molecular formula is C17H28N4O. The fourth-order valence-corrected chi connectivity index (χ4v) is 3.55. The minimum absolute atomic E-state index is 0.228. The topological polar surface area (TPSA) is 31.7 Å². The van der Waals surface area contributed by atoms with Crippen LogP contribution in [0.2, 0.25) is 0 Å². The van der Waals surface area contributed by atoms with Crippen molar-refractivity contribution in [1.82, 2.24) is 19.3 Å². The minimum atomic E-state index is 0.228. The van der Waals surface area contributed by atoms with Crippen molar-refractivity contribution in [1.29, 1.82) is 0 Å². The second kappa shape index (κ2) is 6.84. The number of likely N-dealkylation sites (N-methyl/N-ethyl adjacent to an activating group) is 1. The minimum Gasteiger partial charge on any atom is -0.354 e. The number of amides is 1. The van der Waals surface area contributed by atoms with Gasteiger partial charge in [-0.2, -0.15) is 0 Å². The van der Waals surface area contributed by atoms with Gasteiger partial charge >= 0.3 is 0 Å². The molecule has 5 nitrogen and oxygen atoms in total. The third kappa shape index (κ3) is 3.36. The lowest BCUT2D eigenvalue weighted by molar-refractivity contribution is 0.0747. The van der Waals surface area contributed by atoms with Crippen LogP contribution in [-0.4, -0.2) is 78.0 Å². The van der Waals surface area contributed by atoms with Gasteiger partial charge in [0.25, 0.3) is 5.91 Å². The smallest absolute Gasteiger partial charge is 0.255 e. The van der Waals surface area contributed by atoms with E-state index in [9.17, 15) is 4.79 Å². The van der Waals surface area contributed by atoms with Gasteiger partial charge in [-0.15, -0.1) is 0 Å². The Morgan fingerprint density at radius 1 is 1.05 bits per heavy atom. The zero-order valence-electron chi connectivity index (χ0n) is 13.9. The number of piperazine rings is 1. The Hall–Kier alpha value is -1.33. The van der Waals surface area contributed by atoms with Crippen LogP contribution in [-0.2, 0) is 13.5 Å². The van der Waals surface area contributed by atoms with Crippen LogP contribution in [0.4, 0.5) is 0 Å². The van der Waals surface area contributed by atoms with E-state index in [1.54, 1.807) is 0 Å². The lowest BCUT2D eigenvalue weighted by Gasteiger charge is -2.32. The summed E-state index contributed by atoms with van der Waals surface area (Å²) in [4.78, 5) is 19.6. The van der Waals surface area contributed by atoms with Gasteiger partial charge in [0.05, 0.1) is 5.56 Å². The molecule has 1 fully saturated rings. The molecule has 0 aromatic carbocycles. The molecule has 2 aliphatic heterocycles. The number of nitrogens with zero attached hydrogens (tertiary/aromatic N) is 4. The standard InChI is InChI=1S/C17H28N4O/c1-18-11-13-20(14-12-18)7-4-9-21-8-3-5-16-15(17(21)22)6-10-19(16)2/h6,10H,3-5,7-9,11-14H2,1-2H3. The maximum Gasteiger partial charge on any atom is 0.255 e. The molecule has 0 radical (unpaired) electrons. The predicted molar refractivity (Wildman–Crippen MR) is 88.2 cm³/mol. The molecule has 0 aliphatic carbocycles. The third-order valence-corrected chi connectivity index (χ3v) is 5.06. The van der Waals surface area contributed by atoms with E-state index < -0.39 is 0 Å². The van der Waals surface area contributed by atoms with E-state index in [1.165, 1.54) is 5.69 Å². The molecule has 2 aliphatic rings. The Morgan fingerprint density at radius 3 is 2.59 bits per heavy atom. The van der Waals surface area contributed by atoms with E-state index in [4.69, 9.17) is 0 Å². The summed E-state index contributed by atoms with van der Waals surface area (Å²) in [6.07, 6.45) is 5.18. The maximum atomic E-state index is 12.7. The highest BCUT2D eigenvalue weighted by molar-refractivity contribution is 5.95. The average Bonchev–Trinajstić information content (AvgIpc) is 2.80. The molecule has 0 unspecified atom stereocenters. The monoisotopic (exact) mass is 304 g/mol. The molecule has 1 amide bonds. The lowest BCUT2D eigenvalue weighted by Crippen LogP contribution is -2.45. The fraction of sp³-hybridized carbons (Fsp3) is 0.706. The van der Waals surface area contributed by atoms with Gasteiger partial charge in [0.1, 0.15) is 0 Å². The molecule has 5 heteroatoms. The Kier molecular flexibility index (Phi) is 4.84. The molecular weight excluding hydrogens is 276 g/mol. The molecule has 0 saturated carbocycles. The molecule has 1 saturated heterocycles.